The zero-order valence-electron chi connectivity index (χ0n) is 16.2. The quantitative estimate of drug-likeness (QED) is 0.730. The number of hydrogen-bond acceptors (Lipinski definition) is 4. The molecule has 0 spiro atoms. The van der Waals surface area contributed by atoms with E-state index in [0.29, 0.717) is 17.9 Å². The highest BCUT2D eigenvalue weighted by molar-refractivity contribution is 5.96. The summed E-state index contributed by atoms with van der Waals surface area (Å²) in [6, 6.07) is 14.6. The van der Waals surface area contributed by atoms with Gasteiger partial charge in [0.15, 0.2) is 0 Å². The predicted octanol–water partition coefficient (Wildman–Crippen LogP) is 3.76. The molecule has 148 valence electrons. The number of nitrogens with one attached hydrogen (secondary N) is 2. The first-order valence-corrected chi connectivity index (χ1v) is 9.81. The molecule has 2 amide bonds. The van der Waals surface area contributed by atoms with E-state index in [-0.39, 0.29) is 18.4 Å². The Morgan fingerprint density at radius 2 is 1.79 bits per heavy atom. The summed E-state index contributed by atoms with van der Waals surface area (Å²) < 4.78 is 5.59. The lowest BCUT2D eigenvalue weighted by Gasteiger charge is -2.15. The van der Waals surface area contributed by atoms with Gasteiger partial charge in [-0.3, -0.25) is 9.59 Å². The van der Waals surface area contributed by atoms with Gasteiger partial charge in [-0.1, -0.05) is 13.0 Å². The molecule has 1 saturated heterocycles. The minimum Gasteiger partial charge on any atom is -0.494 e. The van der Waals surface area contributed by atoms with Crippen LogP contribution in [0.2, 0.25) is 0 Å². The first kappa shape index (κ1) is 19.7. The maximum Gasteiger partial charge on any atom is 0.253 e. The molecule has 0 aliphatic carbocycles. The Labute approximate surface area is 165 Å². The molecule has 2 N–H and O–H groups in total. The Morgan fingerprint density at radius 1 is 1.04 bits per heavy atom. The monoisotopic (exact) mass is 381 g/mol. The van der Waals surface area contributed by atoms with Gasteiger partial charge in [0.1, 0.15) is 5.75 Å². The number of nitrogens with zero attached hydrogens (tertiary/aromatic N) is 1. The normalized spacial score (nSPS) is 13.2. The first-order valence-electron chi connectivity index (χ1n) is 9.81. The van der Waals surface area contributed by atoms with Crippen molar-refractivity contribution in [2.45, 2.75) is 26.2 Å². The van der Waals surface area contributed by atoms with Crippen molar-refractivity contribution in [2.24, 2.45) is 0 Å². The van der Waals surface area contributed by atoms with Gasteiger partial charge in [0.05, 0.1) is 13.2 Å². The molecule has 6 nitrogen and oxygen atoms in total. The van der Waals surface area contributed by atoms with E-state index in [9.17, 15) is 9.59 Å². The van der Waals surface area contributed by atoms with E-state index in [1.807, 2.05) is 29.2 Å². The second-order valence-corrected chi connectivity index (χ2v) is 6.85. The largest absolute Gasteiger partial charge is 0.494 e. The molecule has 0 aromatic heterocycles. The molecule has 1 heterocycles. The van der Waals surface area contributed by atoms with Gasteiger partial charge in [0, 0.05) is 36.1 Å². The summed E-state index contributed by atoms with van der Waals surface area (Å²) in [5.74, 6) is 0.686. The van der Waals surface area contributed by atoms with Crippen LogP contribution in [0, 0.1) is 0 Å². The summed E-state index contributed by atoms with van der Waals surface area (Å²) in [4.78, 5) is 26.4. The van der Waals surface area contributed by atoms with Crippen molar-refractivity contribution in [1.29, 1.82) is 0 Å². The van der Waals surface area contributed by atoms with Crippen LogP contribution in [0.5, 0.6) is 5.75 Å². The van der Waals surface area contributed by atoms with Gasteiger partial charge in [-0.2, -0.15) is 0 Å². The number of anilines is 2. The van der Waals surface area contributed by atoms with E-state index in [1.165, 1.54) is 0 Å². The number of benzene rings is 2. The van der Waals surface area contributed by atoms with E-state index in [4.69, 9.17) is 4.74 Å². The molecule has 1 fully saturated rings. The van der Waals surface area contributed by atoms with Gasteiger partial charge in [-0.15, -0.1) is 0 Å². The van der Waals surface area contributed by atoms with E-state index in [1.54, 1.807) is 24.3 Å². The van der Waals surface area contributed by atoms with Crippen LogP contribution in [-0.4, -0.2) is 43.0 Å². The highest BCUT2D eigenvalue weighted by Crippen LogP contribution is 2.18. The molecule has 2 aromatic rings. The van der Waals surface area contributed by atoms with Gasteiger partial charge in [0.25, 0.3) is 5.91 Å². The molecule has 3 rings (SSSR count). The summed E-state index contributed by atoms with van der Waals surface area (Å²) in [5.41, 5.74) is 2.15. The summed E-state index contributed by atoms with van der Waals surface area (Å²) >= 11 is 0. The number of ether oxygens (including phenoxy) is 1. The van der Waals surface area contributed by atoms with Crippen molar-refractivity contribution in [3.05, 3.63) is 54.1 Å². The standard InChI is InChI=1S/C22H27N3O3/c1-2-14-28-20-7-5-6-19(15-20)23-16-21(26)24-18-10-8-17(9-11-18)22(27)25-12-3-4-13-25/h5-11,15,23H,2-4,12-14,16H2,1H3,(H,24,26). The summed E-state index contributed by atoms with van der Waals surface area (Å²) in [7, 11) is 0. The zero-order chi connectivity index (χ0) is 19.8. The van der Waals surface area contributed by atoms with E-state index < -0.39 is 0 Å². The number of likely N-dealkylation sites (tertiary alicyclic amines) is 1. The van der Waals surface area contributed by atoms with Crippen LogP contribution >= 0.6 is 0 Å². The fraction of sp³-hybridized carbons (Fsp3) is 0.364. The summed E-state index contributed by atoms with van der Waals surface area (Å²) in [6.45, 7) is 4.52. The van der Waals surface area contributed by atoms with Gasteiger partial charge < -0.3 is 20.3 Å². The van der Waals surface area contributed by atoms with Crippen LogP contribution in [0.25, 0.3) is 0 Å². The smallest absolute Gasteiger partial charge is 0.253 e. The van der Waals surface area contributed by atoms with Crippen molar-refractivity contribution in [1.82, 2.24) is 4.90 Å². The Balaban J connectivity index is 1.49. The lowest BCUT2D eigenvalue weighted by Crippen LogP contribution is -2.27. The third-order valence-corrected chi connectivity index (χ3v) is 4.57. The number of hydrogen-bond donors (Lipinski definition) is 2. The average Bonchev–Trinajstić information content (AvgIpc) is 3.26. The number of carbonyl (C=O) groups is 2. The Hall–Kier alpha value is -3.02. The zero-order valence-corrected chi connectivity index (χ0v) is 16.2. The molecule has 2 aromatic carbocycles. The third-order valence-electron chi connectivity index (χ3n) is 4.57. The Kier molecular flexibility index (Phi) is 6.89. The lowest BCUT2D eigenvalue weighted by atomic mass is 10.2. The summed E-state index contributed by atoms with van der Waals surface area (Å²) in [5, 5.41) is 5.93. The van der Waals surface area contributed by atoms with Crippen molar-refractivity contribution in [3.63, 3.8) is 0 Å². The first-order chi connectivity index (χ1) is 13.7. The molecule has 28 heavy (non-hydrogen) atoms. The Morgan fingerprint density at radius 3 is 2.50 bits per heavy atom. The van der Waals surface area contributed by atoms with Gasteiger partial charge in [-0.05, 0) is 55.7 Å². The predicted molar refractivity (Wildman–Crippen MR) is 111 cm³/mol. The second kappa shape index (κ2) is 9.78. The maximum atomic E-state index is 12.4. The molecule has 0 saturated carbocycles. The SMILES string of the molecule is CCCOc1cccc(NCC(=O)Nc2ccc(C(=O)N3CCCC3)cc2)c1. The van der Waals surface area contributed by atoms with E-state index >= 15 is 0 Å². The van der Waals surface area contributed by atoms with Crippen molar-refractivity contribution in [3.8, 4) is 5.75 Å². The second-order valence-electron chi connectivity index (χ2n) is 6.85. The topological polar surface area (TPSA) is 70.7 Å². The van der Waals surface area contributed by atoms with E-state index in [2.05, 4.69) is 17.6 Å². The molecule has 0 radical (unpaired) electrons. The van der Waals surface area contributed by atoms with Crippen LogP contribution < -0.4 is 15.4 Å². The lowest BCUT2D eigenvalue weighted by molar-refractivity contribution is -0.114. The highest BCUT2D eigenvalue weighted by atomic mass is 16.5. The van der Waals surface area contributed by atoms with Crippen molar-refractivity contribution < 1.29 is 14.3 Å². The fourth-order valence-electron chi connectivity index (χ4n) is 3.10. The maximum absolute atomic E-state index is 12.4. The van der Waals surface area contributed by atoms with Crippen LogP contribution in [0.15, 0.2) is 48.5 Å². The average molecular weight is 381 g/mol. The van der Waals surface area contributed by atoms with Crippen LogP contribution in [0.3, 0.4) is 0 Å². The molecule has 0 bridgehead atoms. The van der Waals surface area contributed by atoms with Gasteiger partial charge >= 0.3 is 0 Å². The molecule has 0 unspecified atom stereocenters. The number of carbonyl (C=O) groups excluding carboxylic acids is 2. The molecular formula is C22H27N3O3. The molecule has 1 aliphatic heterocycles. The molecular weight excluding hydrogens is 354 g/mol. The fourth-order valence-corrected chi connectivity index (χ4v) is 3.10. The third kappa shape index (κ3) is 5.49. The van der Waals surface area contributed by atoms with E-state index in [0.717, 1.165) is 43.8 Å². The van der Waals surface area contributed by atoms with Gasteiger partial charge in [0.2, 0.25) is 5.91 Å². The Bertz CT molecular complexity index is 799. The highest BCUT2D eigenvalue weighted by Gasteiger charge is 2.19. The van der Waals surface area contributed by atoms with Crippen molar-refractivity contribution in [2.75, 3.05) is 36.9 Å². The molecule has 1 aliphatic rings. The molecule has 6 heteroatoms. The van der Waals surface area contributed by atoms with Crippen LogP contribution in [-0.2, 0) is 4.79 Å². The van der Waals surface area contributed by atoms with Crippen LogP contribution in [0.4, 0.5) is 11.4 Å². The number of amides is 2. The molecule has 0 atom stereocenters. The van der Waals surface area contributed by atoms with Crippen LogP contribution in [0.1, 0.15) is 36.5 Å². The summed E-state index contributed by atoms with van der Waals surface area (Å²) in [6.07, 6.45) is 3.09. The number of rotatable bonds is 8. The van der Waals surface area contributed by atoms with Crippen molar-refractivity contribution >= 4 is 23.2 Å². The minimum atomic E-state index is -0.154. The van der Waals surface area contributed by atoms with Gasteiger partial charge in [-0.25, -0.2) is 0 Å². The minimum absolute atomic E-state index is 0.0576.